The van der Waals surface area contributed by atoms with Crippen molar-refractivity contribution in [1.29, 1.82) is 0 Å². The number of thioether (sulfide) groups is 1. The van der Waals surface area contributed by atoms with E-state index >= 15 is 0 Å². The minimum Gasteiger partial charge on any atom is -0.264 e. The number of allylic oxidation sites excluding steroid dienone is 1. The molecule has 0 aromatic heterocycles. The maximum Gasteiger partial charge on any atom is 0.233 e. The molecule has 0 saturated carbocycles. The number of hydrogen-bond donors (Lipinski definition) is 0. The van der Waals surface area contributed by atoms with E-state index in [0.29, 0.717) is 6.42 Å². The Morgan fingerprint density at radius 3 is 3.00 bits per heavy atom. The summed E-state index contributed by atoms with van der Waals surface area (Å²) in [6.45, 7) is 1.92. The Kier molecular flexibility index (Phi) is 2.32. The van der Waals surface area contributed by atoms with Crippen LogP contribution in [0.3, 0.4) is 0 Å². The second-order valence-corrected chi connectivity index (χ2v) is 3.61. The SMILES string of the molecule is CC1=CC([N+](=O)[O-])CCS1. The Balaban J connectivity index is 2.62. The standard InChI is InChI=1S/C6H9NO2S/c1-5-4-6(7(8)9)2-3-10-5/h4,6H,2-3H2,1H3. The van der Waals surface area contributed by atoms with Crippen LogP contribution in [0.4, 0.5) is 0 Å². The third-order valence-electron chi connectivity index (χ3n) is 1.44. The van der Waals surface area contributed by atoms with Crippen molar-refractivity contribution in [2.24, 2.45) is 0 Å². The van der Waals surface area contributed by atoms with E-state index in [2.05, 4.69) is 0 Å². The minimum absolute atomic E-state index is 0.219. The van der Waals surface area contributed by atoms with E-state index in [-0.39, 0.29) is 4.92 Å². The first-order chi connectivity index (χ1) is 4.70. The molecule has 1 aliphatic rings. The number of nitro groups is 1. The summed E-state index contributed by atoms with van der Waals surface area (Å²) in [6, 6.07) is -0.429. The second-order valence-electron chi connectivity index (χ2n) is 2.27. The summed E-state index contributed by atoms with van der Waals surface area (Å²) in [5.41, 5.74) is 0. The molecular formula is C6H9NO2S. The molecule has 56 valence electrons. The maximum atomic E-state index is 10.3. The van der Waals surface area contributed by atoms with Crippen LogP contribution < -0.4 is 0 Å². The predicted octanol–water partition coefficient (Wildman–Crippen LogP) is 1.67. The van der Waals surface area contributed by atoms with Crippen molar-refractivity contribution in [3.63, 3.8) is 0 Å². The van der Waals surface area contributed by atoms with Gasteiger partial charge in [0.05, 0.1) is 0 Å². The van der Waals surface area contributed by atoms with Crippen LogP contribution >= 0.6 is 11.8 Å². The Morgan fingerprint density at radius 2 is 2.60 bits per heavy atom. The van der Waals surface area contributed by atoms with Gasteiger partial charge in [0.1, 0.15) is 0 Å². The van der Waals surface area contributed by atoms with Crippen molar-refractivity contribution in [3.8, 4) is 0 Å². The van der Waals surface area contributed by atoms with Crippen molar-refractivity contribution in [3.05, 3.63) is 21.1 Å². The fourth-order valence-electron chi connectivity index (χ4n) is 0.909. The lowest BCUT2D eigenvalue weighted by Gasteiger charge is -2.11. The highest BCUT2D eigenvalue weighted by molar-refractivity contribution is 8.03. The van der Waals surface area contributed by atoms with Gasteiger partial charge in [0.25, 0.3) is 0 Å². The predicted molar refractivity (Wildman–Crippen MR) is 41.6 cm³/mol. The first-order valence-corrected chi connectivity index (χ1v) is 4.13. The lowest BCUT2D eigenvalue weighted by Crippen LogP contribution is -2.19. The van der Waals surface area contributed by atoms with E-state index in [1.54, 1.807) is 17.8 Å². The average molecular weight is 159 g/mol. The molecule has 0 aliphatic carbocycles. The van der Waals surface area contributed by atoms with Crippen molar-refractivity contribution in [2.75, 3.05) is 5.75 Å². The highest BCUT2D eigenvalue weighted by atomic mass is 32.2. The van der Waals surface area contributed by atoms with Gasteiger partial charge in [0.2, 0.25) is 6.04 Å². The first kappa shape index (κ1) is 7.60. The van der Waals surface area contributed by atoms with Crippen molar-refractivity contribution in [2.45, 2.75) is 19.4 Å². The molecule has 0 spiro atoms. The quantitative estimate of drug-likeness (QED) is 0.431. The number of hydrogen-bond acceptors (Lipinski definition) is 3. The Bertz CT molecular complexity index is 179. The summed E-state index contributed by atoms with van der Waals surface area (Å²) in [7, 11) is 0. The zero-order valence-electron chi connectivity index (χ0n) is 5.74. The Hall–Kier alpha value is -0.510. The molecule has 1 unspecified atom stereocenters. The van der Waals surface area contributed by atoms with Crippen molar-refractivity contribution in [1.82, 2.24) is 0 Å². The van der Waals surface area contributed by atoms with Gasteiger partial charge < -0.3 is 0 Å². The smallest absolute Gasteiger partial charge is 0.233 e. The van der Waals surface area contributed by atoms with Gasteiger partial charge >= 0.3 is 0 Å². The highest BCUT2D eigenvalue weighted by Crippen LogP contribution is 2.24. The van der Waals surface area contributed by atoms with Crippen LogP contribution in [0.25, 0.3) is 0 Å². The summed E-state index contributed by atoms with van der Waals surface area (Å²) in [5.74, 6) is 0.883. The van der Waals surface area contributed by atoms with E-state index in [1.807, 2.05) is 6.92 Å². The van der Waals surface area contributed by atoms with Gasteiger partial charge in [-0.05, 0) is 17.9 Å². The van der Waals surface area contributed by atoms with Crippen LogP contribution in [0.1, 0.15) is 13.3 Å². The fraction of sp³-hybridized carbons (Fsp3) is 0.667. The van der Waals surface area contributed by atoms with Crippen LogP contribution in [0.15, 0.2) is 11.0 Å². The van der Waals surface area contributed by atoms with Crippen LogP contribution in [0, 0.1) is 10.1 Å². The fourth-order valence-corrected chi connectivity index (χ4v) is 1.84. The zero-order valence-corrected chi connectivity index (χ0v) is 6.56. The second kappa shape index (κ2) is 3.05. The van der Waals surface area contributed by atoms with Gasteiger partial charge in [0.15, 0.2) is 0 Å². The maximum absolute atomic E-state index is 10.3. The molecule has 1 rings (SSSR count). The van der Waals surface area contributed by atoms with Crippen LogP contribution in [-0.4, -0.2) is 16.7 Å². The molecule has 10 heavy (non-hydrogen) atoms. The molecule has 0 N–H and O–H groups in total. The van der Waals surface area contributed by atoms with E-state index in [4.69, 9.17) is 0 Å². The van der Waals surface area contributed by atoms with E-state index in [1.165, 1.54) is 0 Å². The third-order valence-corrected chi connectivity index (χ3v) is 2.47. The van der Waals surface area contributed by atoms with Gasteiger partial charge in [-0.2, -0.15) is 0 Å². The third kappa shape index (κ3) is 1.73. The minimum atomic E-state index is -0.429. The van der Waals surface area contributed by atoms with E-state index in [0.717, 1.165) is 10.7 Å². The lowest BCUT2D eigenvalue weighted by molar-refractivity contribution is -0.509. The lowest BCUT2D eigenvalue weighted by atomic mass is 10.2. The Morgan fingerprint density at radius 1 is 1.90 bits per heavy atom. The topological polar surface area (TPSA) is 43.1 Å². The molecule has 0 aromatic carbocycles. The summed E-state index contributed by atoms with van der Waals surface area (Å²) in [6.07, 6.45) is 2.41. The highest BCUT2D eigenvalue weighted by Gasteiger charge is 2.20. The molecule has 1 heterocycles. The van der Waals surface area contributed by atoms with Crippen molar-refractivity contribution < 1.29 is 4.92 Å². The summed E-state index contributed by atoms with van der Waals surface area (Å²) in [5, 5.41) is 10.3. The van der Waals surface area contributed by atoms with Crippen molar-refractivity contribution >= 4 is 11.8 Å². The zero-order chi connectivity index (χ0) is 7.56. The average Bonchev–Trinajstić information content (AvgIpc) is 1.88. The van der Waals surface area contributed by atoms with Crippen LogP contribution in [0.2, 0.25) is 0 Å². The monoisotopic (exact) mass is 159 g/mol. The Labute approximate surface area is 63.6 Å². The van der Waals surface area contributed by atoms with Crippen LogP contribution in [-0.2, 0) is 0 Å². The summed E-state index contributed by atoms with van der Waals surface area (Å²) < 4.78 is 0. The van der Waals surface area contributed by atoms with Gasteiger partial charge in [-0.15, -0.1) is 11.8 Å². The molecular weight excluding hydrogens is 150 g/mol. The summed E-state index contributed by atoms with van der Waals surface area (Å²) in [4.78, 5) is 11.1. The van der Waals surface area contributed by atoms with E-state index in [9.17, 15) is 10.1 Å². The molecule has 1 aliphatic heterocycles. The van der Waals surface area contributed by atoms with Gasteiger partial charge in [-0.25, -0.2) is 0 Å². The first-order valence-electron chi connectivity index (χ1n) is 3.15. The molecule has 0 fully saturated rings. The van der Waals surface area contributed by atoms with Gasteiger partial charge in [-0.1, -0.05) is 0 Å². The van der Waals surface area contributed by atoms with Crippen LogP contribution in [0.5, 0.6) is 0 Å². The molecule has 1 atom stereocenters. The normalized spacial score (nSPS) is 25.7. The molecule has 3 nitrogen and oxygen atoms in total. The molecule has 0 amide bonds. The number of rotatable bonds is 1. The molecule has 0 bridgehead atoms. The van der Waals surface area contributed by atoms with E-state index < -0.39 is 6.04 Å². The molecule has 4 heteroatoms. The summed E-state index contributed by atoms with van der Waals surface area (Å²) >= 11 is 1.70. The molecule has 0 radical (unpaired) electrons. The number of nitrogens with zero attached hydrogens (tertiary/aromatic N) is 1. The largest absolute Gasteiger partial charge is 0.264 e. The van der Waals surface area contributed by atoms with Gasteiger partial charge in [-0.3, -0.25) is 10.1 Å². The van der Waals surface area contributed by atoms with Gasteiger partial charge in [0, 0.05) is 17.1 Å². The molecule has 0 saturated heterocycles. The molecule has 0 aromatic rings.